The van der Waals surface area contributed by atoms with Gasteiger partial charge in [0.25, 0.3) is 5.56 Å². The maximum atomic E-state index is 12.3. The highest BCUT2D eigenvalue weighted by Gasteiger charge is 2.26. The molecule has 2 aromatic heterocycles. The van der Waals surface area contributed by atoms with Crippen LogP contribution in [0.25, 0.3) is 16.8 Å². The van der Waals surface area contributed by atoms with Crippen LogP contribution < -0.4 is 5.56 Å². The van der Waals surface area contributed by atoms with Gasteiger partial charge in [-0.15, -0.1) is 0 Å². The second-order valence-corrected chi connectivity index (χ2v) is 6.61. The maximum absolute atomic E-state index is 12.3. The summed E-state index contributed by atoms with van der Waals surface area (Å²) in [4.78, 5) is 27.6. The SMILES string of the molecule is N#Cc1ccc(-c2cnn3c(C4CCN(C(=O)O)CC4)cc(=O)[nH]c23)cc1. The van der Waals surface area contributed by atoms with E-state index >= 15 is 0 Å². The van der Waals surface area contributed by atoms with Gasteiger partial charge in [-0.2, -0.15) is 10.4 Å². The molecule has 1 aliphatic rings. The average molecular weight is 363 g/mol. The topological polar surface area (TPSA) is 114 Å². The summed E-state index contributed by atoms with van der Waals surface area (Å²) in [6.45, 7) is 0.885. The number of carbonyl (C=O) groups is 1. The van der Waals surface area contributed by atoms with Crippen LogP contribution in [0.15, 0.2) is 41.3 Å². The van der Waals surface area contributed by atoms with Gasteiger partial charge in [0.15, 0.2) is 0 Å². The van der Waals surface area contributed by atoms with Crippen LogP contribution in [0.1, 0.15) is 30.0 Å². The highest BCUT2D eigenvalue weighted by atomic mass is 16.4. The van der Waals surface area contributed by atoms with Gasteiger partial charge in [-0.3, -0.25) is 4.79 Å². The van der Waals surface area contributed by atoms with Crippen molar-refractivity contribution in [2.45, 2.75) is 18.8 Å². The fourth-order valence-electron chi connectivity index (χ4n) is 3.61. The number of nitriles is 1. The summed E-state index contributed by atoms with van der Waals surface area (Å²) < 4.78 is 1.73. The number of benzene rings is 1. The Labute approximate surface area is 154 Å². The quantitative estimate of drug-likeness (QED) is 0.726. The van der Waals surface area contributed by atoms with Gasteiger partial charge in [0.1, 0.15) is 5.65 Å². The molecule has 0 atom stereocenters. The zero-order chi connectivity index (χ0) is 19.0. The van der Waals surface area contributed by atoms with Gasteiger partial charge in [-0.1, -0.05) is 12.1 Å². The van der Waals surface area contributed by atoms with E-state index in [4.69, 9.17) is 10.4 Å². The molecule has 8 heteroatoms. The zero-order valence-electron chi connectivity index (χ0n) is 14.4. The largest absolute Gasteiger partial charge is 0.465 e. The van der Waals surface area contributed by atoms with Crippen LogP contribution in [-0.4, -0.2) is 43.8 Å². The summed E-state index contributed by atoms with van der Waals surface area (Å²) >= 11 is 0. The predicted molar refractivity (Wildman–Crippen MR) is 97.5 cm³/mol. The zero-order valence-corrected chi connectivity index (χ0v) is 14.4. The number of nitrogens with one attached hydrogen (secondary N) is 1. The van der Waals surface area contributed by atoms with Gasteiger partial charge < -0.3 is 15.0 Å². The minimum Gasteiger partial charge on any atom is -0.465 e. The fourth-order valence-corrected chi connectivity index (χ4v) is 3.61. The molecule has 136 valence electrons. The second kappa shape index (κ2) is 6.61. The van der Waals surface area contributed by atoms with E-state index in [0.717, 1.165) is 16.8 Å². The molecule has 0 radical (unpaired) electrons. The van der Waals surface area contributed by atoms with E-state index in [0.29, 0.717) is 37.1 Å². The molecule has 0 bridgehead atoms. The molecule has 0 aliphatic carbocycles. The number of nitrogens with zero attached hydrogens (tertiary/aromatic N) is 4. The van der Waals surface area contributed by atoms with Gasteiger partial charge in [0.05, 0.1) is 23.5 Å². The van der Waals surface area contributed by atoms with Crippen LogP contribution in [-0.2, 0) is 0 Å². The summed E-state index contributed by atoms with van der Waals surface area (Å²) in [6, 6.07) is 10.7. The number of piperidine rings is 1. The van der Waals surface area contributed by atoms with Crippen LogP contribution in [0.4, 0.5) is 4.79 Å². The number of hydrogen-bond acceptors (Lipinski definition) is 4. The highest BCUT2D eigenvalue weighted by molar-refractivity contribution is 5.77. The van der Waals surface area contributed by atoms with Crippen LogP contribution in [0.5, 0.6) is 0 Å². The molecule has 4 rings (SSSR count). The van der Waals surface area contributed by atoms with Crippen LogP contribution in [0.3, 0.4) is 0 Å². The van der Waals surface area contributed by atoms with Crippen molar-refractivity contribution < 1.29 is 9.90 Å². The van der Waals surface area contributed by atoms with Gasteiger partial charge in [-0.25, -0.2) is 9.31 Å². The molecule has 1 amide bonds. The Kier molecular flexibility index (Phi) is 4.12. The van der Waals surface area contributed by atoms with Crippen LogP contribution >= 0.6 is 0 Å². The monoisotopic (exact) mass is 363 g/mol. The Morgan fingerprint density at radius 3 is 2.59 bits per heavy atom. The van der Waals surface area contributed by atoms with Crippen LogP contribution in [0, 0.1) is 11.3 Å². The van der Waals surface area contributed by atoms with E-state index < -0.39 is 6.09 Å². The lowest BCUT2D eigenvalue weighted by atomic mass is 9.93. The Balaban J connectivity index is 1.73. The number of aromatic nitrogens is 3. The van der Waals surface area contributed by atoms with E-state index in [1.807, 2.05) is 12.1 Å². The first kappa shape index (κ1) is 16.8. The number of aromatic amines is 1. The molecule has 27 heavy (non-hydrogen) atoms. The number of likely N-dealkylation sites (tertiary alicyclic amines) is 1. The first-order valence-electron chi connectivity index (χ1n) is 8.66. The Bertz CT molecular complexity index is 1100. The summed E-state index contributed by atoms with van der Waals surface area (Å²) in [5.41, 5.74) is 3.38. The number of H-pyrrole nitrogens is 1. The van der Waals surface area contributed by atoms with E-state index in [9.17, 15) is 9.59 Å². The molecule has 3 heterocycles. The third-order valence-electron chi connectivity index (χ3n) is 5.04. The molecule has 3 aromatic rings. The minimum atomic E-state index is -0.910. The van der Waals surface area contributed by atoms with Crippen molar-refractivity contribution in [2.24, 2.45) is 0 Å². The van der Waals surface area contributed by atoms with E-state index in [-0.39, 0.29) is 11.5 Å². The van der Waals surface area contributed by atoms with Gasteiger partial charge >= 0.3 is 6.09 Å². The average Bonchev–Trinajstić information content (AvgIpc) is 3.11. The summed E-state index contributed by atoms with van der Waals surface area (Å²) in [7, 11) is 0. The molecular weight excluding hydrogens is 346 g/mol. The molecule has 2 N–H and O–H groups in total. The molecule has 0 unspecified atom stereocenters. The number of fused-ring (bicyclic) bond motifs is 1. The normalized spacial score (nSPS) is 15.0. The summed E-state index contributed by atoms with van der Waals surface area (Å²) in [6.07, 6.45) is 2.09. The number of rotatable bonds is 2. The third-order valence-corrected chi connectivity index (χ3v) is 5.04. The molecule has 0 saturated carbocycles. The van der Waals surface area contributed by atoms with Crippen molar-refractivity contribution in [3.05, 3.63) is 58.1 Å². The first-order chi connectivity index (χ1) is 13.1. The van der Waals surface area contributed by atoms with Crippen molar-refractivity contribution in [1.82, 2.24) is 19.5 Å². The Morgan fingerprint density at radius 1 is 1.26 bits per heavy atom. The first-order valence-corrected chi connectivity index (χ1v) is 8.66. The van der Waals surface area contributed by atoms with Gasteiger partial charge in [0, 0.05) is 30.6 Å². The molecule has 8 nitrogen and oxygen atoms in total. The van der Waals surface area contributed by atoms with Crippen molar-refractivity contribution in [3.8, 4) is 17.2 Å². The maximum Gasteiger partial charge on any atom is 0.407 e. The molecule has 1 aromatic carbocycles. The third kappa shape index (κ3) is 3.04. The van der Waals surface area contributed by atoms with Crippen molar-refractivity contribution in [1.29, 1.82) is 5.26 Å². The Morgan fingerprint density at radius 2 is 1.96 bits per heavy atom. The van der Waals surface area contributed by atoms with Crippen molar-refractivity contribution >= 4 is 11.7 Å². The van der Waals surface area contributed by atoms with Gasteiger partial charge in [0.2, 0.25) is 0 Å². The van der Waals surface area contributed by atoms with Crippen molar-refractivity contribution in [3.63, 3.8) is 0 Å². The van der Waals surface area contributed by atoms with E-state index in [2.05, 4.69) is 16.2 Å². The highest BCUT2D eigenvalue weighted by Crippen LogP contribution is 2.30. The molecule has 1 saturated heterocycles. The number of amides is 1. The van der Waals surface area contributed by atoms with E-state index in [1.54, 1.807) is 28.9 Å². The lowest BCUT2D eigenvalue weighted by molar-refractivity contribution is 0.131. The summed E-state index contributed by atoms with van der Waals surface area (Å²) in [5, 5.41) is 22.5. The van der Waals surface area contributed by atoms with E-state index in [1.165, 1.54) is 4.90 Å². The molecular formula is C19H17N5O3. The van der Waals surface area contributed by atoms with Crippen molar-refractivity contribution in [2.75, 3.05) is 13.1 Å². The number of hydrogen-bond donors (Lipinski definition) is 2. The lowest BCUT2D eigenvalue weighted by Crippen LogP contribution is -2.37. The molecule has 0 spiro atoms. The van der Waals surface area contributed by atoms with Gasteiger partial charge in [-0.05, 0) is 30.5 Å². The smallest absolute Gasteiger partial charge is 0.407 e. The molecule has 1 fully saturated rings. The fraction of sp³-hybridized carbons (Fsp3) is 0.263. The number of carboxylic acid groups (broad SMARTS) is 1. The predicted octanol–water partition coefficient (Wildman–Crippen LogP) is 2.42. The standard InChI is InChI=1S/C19H17N5O3/c20-10-12-1-3-13(4-2-12)15-11-21-24-16(9-17(25)22-18(15)24)14-5-7-23(8-6-14)19(26)27/h1-4,9,11,14H,5-8H2,(H,22,25)(H,26,27). The summed E-state index contributed by atoms with van der Waals surface area (Å²) in [5.74, 6) is 0.0686. The van der Waals surface area contributed by atoms with Crippen LogP contribution in [0.2, 0.25) is 0 Å². The Hall–Kier alpha value is -3.60. The second-order valence-electron chi connectivity index (χ2n) is 6.61. The lowest BCUT2D eigenvalue weighted by Gasteiger charge is -2.30. The molecule has 1 aliphatic heterocycles. The minimum absolute atomic E-state index is 0.0686.